The van der Waals surface area contributed by atoms with Gasteiger partial charge in [-0.2, -0.15) is 0 Å². The van der Waals surface area contributed by atoms with Crippen LogP contribution in [0.2, 0.25) is 0 Å². The third-order valence-electron chi connectivity index (χ3n) is 5.21. The second-order valence-electron chi connectivity index (χ2n) is 7.30. The van der Waals surface area contributed by atoms with E-state index in [9.17, 15) is 21.6 Å². The maximum Gasteiger partial charge on any atom is 0.178 e. The summed E-state index contributed by atoms with van der Waals surface area (Å²) in [6.07, 6.45) is 1.56. The SMILES string of the molecule is Cc1cc(S(C)(=O)=O)c(F)cc1N1CCc2[nH]c(-c3c(F)cccc3F)cc2C1. The third kappa shape index (κ3) is 3.53. The van der Waals surface area contributed by atoms with Crippen molar-refractivity contribution in [3.8, 4) is 11.3 Å². The average Bonchev–Trinajstić information content (AvgIpc) is 3.04. The van der Waals surface area contributed by atoms with Crippen molar-refractivity contribution in [2.75, 3.05) is 17.7 Å². The predicted molar refractivity (Wildman–Crippen MR) is 105 cm³/mol. The van der Waals surface area contributed by atoms with Gasteiger partial charge in [0.1, 0.15) is 22.3 Å². The molecule has 0 aliphatic carbocycles. The van der Waals surface area contributed by atoms with Gasteiger partial charge in [-0.3, -0.25) is 0 Å². The number of hydrogen-bond donors (Lipinski definition) is 1. The molecule has 2 aromatic carbocycles. The van der Waals surface area contributed by atoms with Crippen LogP contribution >= 0.6 is 0 Å². The predicted octanol–water partition coefficient (Wildman–Crippen LogP) is 4.37. The van der Waals surface area contributed by atoms with E-state index in [1.54, 1.807) is 13.0 Å². The van der Waals surface area contributed by atoms with Gasteiger partial charge in [-0.15, -0.1) is 0 Å². The van der Waals surface area contributed by atoms with E-state index < -0.39 is 27.3 Å². The maximum absolute atomic E-state index is 14.4. The largest absolute Gasteiger partial charge is 0.366 e. The highest BCUT2D eigenvalue weighted by Crippen LogP contribution is 2.33. The van der Waals surface area contributed by atoms with Gasteiger partial charge >= 0.3 is 0 Å². The molecule has 3 aromatic rings. The summed E-state index contributed by atoms with van der Waals surface area (Å²) in [7, 11) is -3.66. The van der Waals surface area contributed by atoms with Crippen molar-refractivity contribution < 1.29 is 21.6 Å². The molecule has 0 fully saturated rings. The van der Waals surface area contributed by atoms with E-state index in [1.165, 1.54) is 30.3 Å². The Morgan fingerprint density at radius 2 is 1.72 bits per heavy atom. The molecule has 8 heteroatoms. The van der Waals surface area contributed by atoms with E-state index in [0.29, 0.717) is 36.5 Å². The van der Waals surface area contributed by atoms with Gasteiger partial charge in [0.2, 0.25) is 0 Å². The van der Waals surface area contributed by atoms with Gasteiger partial charge in [0, 0.05) is 37.1 Å². The van der Waals surface area contributed by atoms with Crippen LogP contribution in [0.1, 0.15) is 16.8 Å². The number of fused-ring (bicyclic) bond motifs is 1. The fraction of sp³-hybridized carbons (Fsp3) is 0.238. The minimum absolute atomic E-state index is 0.104. The molecule has 0 amide bonds. The van der Waals surface area contributed by atoms with E-state index >= 15 is 0 Å². The van der Waals surface area contributed by atoms with E-state index in [-0.39, 0.29) is 10.5 Å². The molecular weight excluding hydrogens is 401 g/mol. The smallest absolute Gasteiger partial charge is 0.178 e. The van der Waals surface area contributed by atoms with Crippen molar-refractivity contribution in [3.05, 3.63) is 70.7 Å². The van der Waals surface area contributed by atoms with Crippen LogP contribution in [0.3, 0.4) is 0 Å². The second kappa shape index (κ2) is 6.95. The Morgan fingerprint density at radius 1 is 1.03 bits per heavy atom. The van der Waals surface area contributed by atoms with Gasteiger partial charge < -0.3 is 9.88 Å². The minimum Gasteiger partial charge on any atom is -0.366 e. The van der Waals surface area contributed by atoms with Crippen molar-refractivity contribution in [2.24, 2.45) is 0 Å². The third-order valence-corrected chi connectivity index (χ3v) is 6.32. The van der Waals surface area contributed by atoms with Gasteiger partial charge in [-0.05, 0) is 48.4 Å². The van der Waals surface area contributed by atoms with Gasteiger partial charge in [0.15, 0.2) is 9.84 Å². The van der Waals surface area contributed by atoms with Crippen LogP contribution in [0, 0.1) is 24.4 Å². The van der Waals surface area contributed by atoms with Crippen LogP contribution in [0.4, 0.5) is 18.9 Å². The van der Waals surface area contributed by atoms with Crippen molar-refractivity contribution in [1.29, 1.82) is 0 Å². The number of nitrogens with one attached hydrogen (secondary N) is 1. The van der Waals surface area contributed by atoms with Crippen LogP contribution < -0.4 is 4.90 Å². The second-order valence-corrected chi connectivity index (χ2v) is 9.28. The monoisotopic (exact) mass is 420 g/mol. The Bertz CT molecular complexity index is 1200. The molecule has 2 heterocycles. The molecule has 0 unspecified atom stereocenters. The number of hydrogen-bond acceptors (Lipinski definition) is 3. The molecule has 29 heavy (non-hydrogen) atoms. The van der Waals surface area contributed by atoms with E-state index in [0.717, 1.165) is 17.5 Å². The first-order valence-electron chi connectivity index (χ1n) is 9.05. The zero-order valence-corrected chi connectivity index (χ0v) is 16.7. The molecule has 1 aromatic heterocycles. The molecule has 4 rings (SSSR count). The number of nitrogens with zero attached hydrogens (tertiary/aromatic N) is 1. The number of H-pyrrole nitrogens is 1. The first kappa shape index (κ1) is 19.6. The molecule has 1 aliphatic rings. The number of rotatable bonds is 3. The van der Waals surface area contributed by atoms with Crippen LogP contribution in [-0.2, 0) is 22.8 Å². The van der Waals surface area contributed by atoms with Gasteiger partial charge in [0.05, 0.1) is 11.3 Å². The maximum atomic E-state index is 14.4. The number of aryl methyl sites for hydroxylation is 1. The van der Waals surface area contributed by atoms with Crippen LogP contribution in [0.25, 0.3) is 11.3 Å². The number of benzene rings is 2. The number of halogens is 3. The normalized spacial score (nSPS) is 14.2. The van der Waals surface area contributed by atoms with Crippen LogP contribution in [-0.4, -0.2) is 26.2 Å². The lowest BCUT2D eigenvalue weighted by atomic mass is 10.0. The molecule has 152 valence electrons. The summed E-state index contributed by atoms with van der Waals surface area (Å²) in [6.45, 7) is 2.71. The van der Waals surface area contributed by atoms with E-state index in [4.69, 9.17) is 0 Å². The Hall–Kier alpha value is -2.74. The summed E-state index contributed by atoms with van der Waals surface area (Å²) < 4.78 is 66.1. The van der Waals surface area contributed by atoms with E-state index in [1.807, 2.05) is 4.90 Å². The highest BCUT2D eigenvalue weighted by molar-refractivity contribution is 7.90. The number of aromatic amines is 1. The van der Waals surface area contributed by atoms with Gasteiger partial charge in [-0.25, -0.2) is 21.6 Å². The first-order valence-corrected chi connectivity index (χ1v) is 10.9. The van der Waals surface area contributed by atoms with E-state index in [2.05, 4.69) is 4.98 Å². The highest BCUT2D eigenvalue weighted by atomic mass is 32.2. The molecule has 1 N–H and O–H groups in total. The fourth-order valence-electron chi connectivity index (χ4n) is 3.80. The molecule has 0 bridgehead atoms. The Balaban J connectivity index is 1.68. The molecule has 0 atom stereocenters. The standard InChI is InChI=1S/C21H19F3N2O2S/c1-12-8-20(29(2,27)28)16(24)10-19(12)26-7-6-17-13(11-26)9-18(25-17)21-14(22)4-3-5-15(21)23/h3-5,8-10,25H,6-7,11H2,1-2H3. The fourth-order valence-corrected chi connectivity index (χ4v) is 4.60. The number of anilines is 1. The lowest BCUT2D eigenvalue weighted by molar-refractivity contribution is 0.569. The zero-order valence-electron chi connectivity index (χ0n) is 15.9. The molecule has 0 radical (unpaired) electrons. The lowest BCUT2D eigenvalue weighted by Gasteiger charge is -2.30. The lowest BCUT2D eigenvalue weighted by Crippen LogP contribution is -2.30. The average molecular weight is 420 g/mol. The summed E-state index contributed by atoms with van der Waals surface area (Å²) in [6, 6.07) is 8.02. The van der Waals surface area contributed by atoms with Gasteiger partial charge in [0.25, 0.3) is 0 Å². The molecule has 4 nitrogen and oxygen atoms in total. The summed E-state index contributed by atoms with van der Waals surface area (Å²) in [4.78, 5) is 4.71. The molecule has 0 saturated heterocycles. The summed E-state index contributed by atoms with van der Waals surface area (Å²) in [5, 5.41) is 0. The van der Waals surface area contributed by atoms with Crippen LogP contribution in [0.5, 0.6) is 0 Å². The van der Waals surface area contributed by atoms with Crippen molar-refractivity contribution in [1.82, 2.24) is 4.98 Å². The number of aromatic nitrogens is 1. The number of sulfone groups is 1. The summed E-state index contributed by atoms with van der Waals surface area (Å²) in [5.74, 6) is -2.08. The Labute approximate surface area is 166 Å². The quantitative estimate of drug-likeness (QED) is 0.685. The summed E-state index contributed by atoms with van der Waals surface area (Å²) >= 11 is 0. The zero-order chi connectivity index (χ0) is 20.9. The topological polar surface area (TPSA) is 53.2 Å². The van der Waals surface area contributed by atoms with Crippen molar-refractivity contribution in [3.63, 3.8) is 0 Å². The molecular formula is C21H19F3N2O2S. The van der Waals surface area contributed by atoms with Crippen molar-refractivity contribution >= 4 is 15.5 Å². The molecule has 0 saturated carbocycles. The molecule has 1 aliphatic heterocycles. The van der Waals surface area contributed by atoms with Crippen molar-refractivity contribution in [2.45, 2.75) is 24.8 Å². The summed E-state index contributed by atoms with van der Waals surface area (Å²) in [5.41, 5.74) is 3.24. The highest BCUT2D eigenvalue weighted by Gasteiger charge is 2.24. The minimum atomic E-state index is -3.66. The van der Waals surface area contributed by atoms with Crippen LogP contribution in [0.15, 0.2) is 41.3 Å². The Morgan fingerprint density at radius 3 is 2.38 bits per heavy atom. The Kier molecular flexibility index (Phi) is 4.69. The molecule has 0 spiro atoms. The first-order chi connectivity index (χ1) is 13.6. The van der Waals surface area contributed by atoms with Gasteiger partial charge in [-0.1, -0.05) is 6.07 Å².